The summed E-state index contributed by atoms with van der Waals surface area (Å²) in [5.74, 6) is 1.81. The molecule has 1 heterocycles. The third-order valence-electron chi connectivity index (χ3n) is 5.03. The molecule has 0 bridgehead atoms. The number of rotatable bonds is 8. The summed E-state index contributed by atoms with van der Waals surface area (Å²) in [6.45, 7) is 0.524. The molecule has 1 aromatic heterocycles. The molecular weight excluding hydrogens is 398 g/mol. The van der Waals surface area contributed by atoms with Crippen LogP contribution in [0.25, 0.3) is 11.4 Å². The summed E-state index contributed by atoms with van der Waals surface area (Å²) in [4.78, 5) is 25.1. The van der Waals surface area contributed by atoms with Gasteiger partial charge in [-0.05, 0) is 12.8 Å². The minimum atomic E-state index is -0.395. The first kappa shape index (κ1) is 20.5. The van der Waals surface area contributed by atoms with Gasteiger partial charge in [-0.1, -0.05) is 30.3 Å². The minimum Gasteiger partial charge on any atom is -0.497 e. The van der Waals surface area contributed by atoms with Crippen molar-refractivity contribution in [3.05, 3.63) is 59.0 Å². The first-order chi connectivity index (χ1) is 15.1. The molecule has 1 aliphatic rings. The van der Waals surface area contributed by atoms with Crippen molar-refractivity contribution in [3.63, 3.8) is 0 Å². The van der Waals surface area contributed by atoms with Crippen molar-refractivity contribution in [2.24, 2.45) is 0 Å². The van der Waals surface area contributed by atoms with E-state index in [1.54, 1.807) is 37.0 Å². The summed E-state index contributed by atoms with van der Waals surface area (Å²) in [5.41, 5.74) is 1.29. The number of urea groups is 1. The minimum absolute atomic E-state index is 0.152. The summed E-state index contributed by atoms with van der Waals surface area (Å²) in [7, 11) is 3.08. The van der Waals surface area contributed by atoms with Crippen LogP contribution in [0, 0.1) is 0 Å². The van der Waals surface area contributed by atoms with Gasteiger partial charge in [0, 0.05) is 42.0 Å². The molecule has 9 nitrogen and oxygen atoms in total. The molecule has 1 aliphatic carbocycles. The fourth-order valence-corrected chi connectivity index (χ4v) is 3.34. The predicted molar refractivity (Wildman–Crippen MR) is 117 cm³/mol. The number of nitrogens with one attached hydrogen (secondary N) is 2. The maximum Gasteiger partial charge on any atom is 0.346 e. The lowest BCUT2D eigenvalue weighted by atomic mass is 10.2. The van der Waals surface area contributed by atoms with E-state index in [1.165, 1.54) is 4.68 Å². The molecule has 2 aromatic carbocycles. The maximum atomic E-state index is 12.9. The molecule has 0 spiro atoms. The number of nitrogens with zero attached hydrogens (tertiary/aromatic N) is 3. The Morgan fingerprint density at radius 1 is 1.10 bits per heavy atom. The van der Waals surface area contributed by atoms with Crippen LogP contribution >= 0.6 is 0 Å². The van der Waals surface area contributed by atoms with Gasteiger partial charge in [0.2, 0.25) is 0 Å². The first-order valence-electron chi connectivity index (χ1n) is 10.1. The quantitative estimate of drug-likeness (QED) is 0.580. The van der Waals surface area contributed by atoms with Crippen LogP contribution in [0.2, 0.25) is 0 Å². The molecule has 9 heteroatoms. The van der Waals surface area contributed by atoms with Gasteiger partial charge in [-0.3, -0.25) is 4.57 Å². The standard InChI is InChI=1S/C22H25N5O4/c1-30-18-12-16(13-19(14-18)31-2)24-21(28)23-10-11-26-22(29)27(17-8-9-17)20(25-26)15-6-4-3-5-7-15/h3-7,12-14,17H,8-11H2,1-2H3,(H2,23,24,28). The van der Waals surface area contributed by atoms with Gasteiger partial charge in [0.25, 0.3) is 0 Å². The second-order valence-corrected chi connectivity index (χ2v) is 7.28. The van der Waals surface area contributed by atoms with Gasteiger partial charge in [0.1, 0.15) is 11.5 Å². The van der Waals surface area contributed by atoms with E-state index in [0.717, 1.165) is 18.4 Å². The number of amides is 2. The van der Waals surface area contributed by atoms with Gasteiger partial charge < -0.3 is 20.1 Å². The van der Waals surface area contributed by atoms with Gasteiger partial charge in [-0.15, -0.1) is 5.10 Å². The van der Waals surface area contributed by atoms with E-state index in [2.05, 4.69) is 15.7 Å². The van der Waals surface area contributed by atoms with Crippen LogP contribution < -0.4 is 25.8 Å². The molecule has 0 saturated heterocycles. The second-order valence-electron chi connectivity index (χ2n) is 7.28. The second kappa shape index (κ2) is 8.95. The summed E-state index contributed by atoms with van der Waals surface area (Å²) in [6, 6.07) is 14.6. The van der Waals surface area contributed by atoms with E-state index in [0.29, 0.717) is 23.0 Å². The number of methoxy groups -OCH3 is 2. The largest absolute Gasteiger partial charge is 0.497 e. The average molecular weight is 423 g/mol. The van der Waals surface area contributed by atoms with Crippen LogP contribution in [-0.4, -0.2) is 41.1 Å². The van der Waals surface area contributed by atoms with Crippen LogP contribution in [-0.2, 0) is 6.54 Å². The van der Waals surface area contributed by atoms with Crippen molar-refractivity contribution in [1.82, 2.24) is 19.7 Å². The highest BCUT2D eigenvalue weighted by atomic mass is 16.5. The topological polar surface area (TPSA) is 99.4 Å². The number of benzene rings is 2. The lowest BCUT2D eigenvalue weighted by molar-refractivity contribution is 0.251. The molecule has 1 fully saturated rings. The fraction of sp³-hybridized carbons (Fsp3) is 0.318. The third-order valence-corrected chi connectivity index (χ3v) is 5.03. The molecule has 2 amide bonds. The number of anilines is 1. The zero-order valence-electron chi connectivity index (χ0n) is 17.5. The molecule has 0 unspecified atom stereocenters. The van der Waals surface area contributed by atoms with Crippen molar-refractivity contribution in [3.8, 4) is 22.9 Å². The Kier molecular flexibility index (Phi) is 5.92. The summed E-state index contributed by atoms with van der Waals surface area (Å²) in [5, 5.41) is 10.0. The smallest absolute Gasteiger partial charge is 0.346 e. The molecule has 3 aromatic rings. The average Bonchev–Trinajstić information content (AvgIpc) is 3.57. The third kappa shape index (κ3) is 4.71. The van der Waals surface area contributed by atoms with Gasteiger partial charge >= 0.3 is 11.7 Å². The summed E-state index contributed by atoms with van der Waals surface area (Å²) >= 11 is 0. The summed E-state index contributed by atoms with van der Waals surface area (Å²) < 4.78 is 13.6. The van der Waals surface area contributed by atoms with E-state index >= 15 is 0 Å². The van der Waals surface area contributed by atoms with Crippen LogP contribution in [0.5, 0.6) is 11.5 Å². The van der Waals surface area contributed by atoms with E-state index in [4.69, 9.17) is 9.47 Å². The Morgan fingerprint density at radius 3 is 2.39 bits per heavy atom. The highest BCUT2D eigenvalue weighted by Crippen LogP contribution is 2.36. The highest BCUT2D eigenvalue weighted by Gasteiger charge is 2.30. The van der Waals surface area contributed by atoms with E-state index in [1.807, 2.05) is 30.3 Å². The zero-order chi connectivity index (χ0) is 21.8. The van der Waals surface area contributed by atoms with Crippen molar-refractivity contribution in [2.75, 3.05) is 26.1 Å². The number of ether oxygens (including phenoxy) is 2. The molecule has 2 N–H and O–H groups in total. The molecule has 0 aliphatic heterocycles. The van der Waals surface area contributed by atoms with Crippen molar-refractivity contribution >= 4 is 11.7 Å². The number of aromatic nitrogens is 3. The number of carbonyl (C=O) groups excluding carboxylic acids is 1. The van der Waals surface area contributed by atoms with E-state index < -0.39 is 6.03 Å². The fourth-order valence-electron chi connectivity index (χ4n) is 3.34. The molecule has 1 saturated carbocycles. The van der Waals surface area contributed by atoms with Crippen molar-refractivity contribution < 1.29 is 14.3 Å². The Balaban J connectivity index is 1.41. The van der Waals surface area contributed by atoms with Crippen LogP contribution in [0.1, 0.15) is 18.9 Å². The van der Waals surface area contributed by atoms with Gasteiger partial charge in [-0.2, -0.15) is 0 Å². The van der Waals surface area contributed by atoms with Gasteiger partial charge in [0.15, 0.2) is 5.82 Å². The van der Waals surface area contributed by atoms with Gasteiger partial charge in [0.05, 0.1) is 20.8 Å². The van der Waals surface area contributed by atoms with E-state index in [9.17, 15) is 9.59 Å². The Labute approximate surface area is 179 Å². The highest BCUT2D eigenvalue weighted by molar-refractivity contribution is 5.89. The van der Waals surface area contributed by atoms with Crippen LogP contribution in [0.4, 0.5) is 10.5 Å². The molecular formula is C22H25N5O4. The van der Waals surface area contributed by atoms with Crippen molar-refractivity contribution in [2.45, 2.75) is 25.4 Å². The van der Waals surface area contributed by atoms with Gasteiger partial charge in [-0.25, -0.2) is 14.3 Å². The van der Waals surface area contributed by atoms with Crippen LogP contribution in [0.15, 0.2) is 53.3 Å². The lowest BCUT2D eigenvalue weighted by Gasteiger charge is -2.10. The number of hydrogen-bond acceptors (Lipinski definition) is 5. The Bertz CT molecular complexity index is 1100. The SMILES string of the molecule is COc1cc(NC(=O)NCCn2nc(-c3ccccc3)n(C3CC3)c2=O)cc(OC)c1. The molecule has 0 atom stereocenters. The molecule has 162 valence electrons. The molecule has 4 rings (SSSR count). The summed E-state index contributed by atoms with van der Waals surface area (Å²) in [6.07, 6.45) is 1.96. The first-order valence-corrected chi connectivity index (χ1v) is 10.1. The zero-order valence-corrected chi connectivity index (χ0v) is 17.5. The lowest BCUT2D eigenvalue weighted by Crippen LogP contribution is -2.34. The predicted octanol–water partition coefficient (Wildman–Crippen LogP) is 2.89. The molecule has 31 heavy (non-hydrogen) atoms. The van der Waals surface area contributed by atoms with E-state index in [-0.39, 0.29) is 24.8 Å². The monoisotopic (exact) mass is 423 g/mol. The molecule has 0 radical (unpaired) electrons. The van der Waals surface area contributed by atoms with Crippen molar-refractivity contribution in [1.29, 1.82) is 0 Å². The number of carbonyl (C=O) groups is 1. The van der Waals surface area contributed by atoms with Crippen LogP contribution in [0.3, 0.4) is 0 Å². The maximum absolute atomic E-state index is 12.9. The Hall–Kier alpha value is -3.75. The Morgan fingerprint density at radius 2 is 1.77 bits per heavy atom. The number of hydrogen-bond donors (Lipinski definition) is 2. The normalized spacial score (nSPS) is 13.0.